The first kappa shape index (κ1) is 84.6. The predicted molar refractivity (Wildman–Crippen MR) is 416 cm³/mol. The lowest BCUT2D eigenvalue weighted by atomic mass is 10.1. The summed E-state index contributed by atoms with van der Waals surface area (Å²) in [5, 5.41) is 96.6. The van der Waals surface area contributed by atoms with Gasteiger partial charge >= 0.3 is 0 Å². The fourth-order valence-corrected chi connectivity index (χ4v) is 10.3. The van der Waals surface area contributed by atoms with E-state index in [4.69, 9.17) is 52.4 Å². The van der Waals surface area contributed by atoms with Gasteiger partial charge in [-0.1, -0.05) is 43.8 Å². The van der Waals surface area contributed by atoms with E-state index in [9.17, 15) is 60.0 Å². The summed E-state index contributed by atoms with van der Waals surface area (Å²) in [7, 11) is 0. The molecular weight excluding hydrogens is 1450 g/mol. The topological polar surface area (TPSA) is 496 Å². The second kappa shape index (κ2) is 39.9. The van der Waals surface area contributed by atoms with Gasteiger partial charge in [0.15, 0.2) is 24.4 Å². The van der Waals surface area contributed by atoms with E-state index in [0.717, 1.165) is 44.5 Å². The average Bonchev–Trinajstić information content (AvgIpc) is 0.840. The van der Waals surface area contributed by atoms with Gasteiger partial charge in [-0.05, 0) is 232 Å². The van der Waals surface area contributed by atoms with Crippen LogP contribution in [-0.4, -0.2) is 119 Å². The number of aliphatic hydroxyl groups is 8. The molecule has 0 radical (unpaired) electrons. The third-order valence-electron chi connectivity index (χ3n) is 16.6. The summed E-state index contributed by atoms with van der Waals surface area (Å²) in [4.78, 5) is 69.8. The summed E-state index contributed by atoms with van der Waals surface area (Å²) >= 11 is 0. The van der Waals surface area contributed by atoms with E-state index in [0.29, 0.717) is 80.2 Å². The van der Waals surface area contributed by atoms with E-state index in [1.165, 1.54) is 24.3 Å². The van der Waals surface area contributed by atoms with Gasteiger partial charge in [0, 0.05) is 46.8 Å². The van der Waals surface area contributed by atoms with Crippen LogP contribution >= 0.6 is 0 Å². The monoisotopic (exact) mass is 1520 g/mol. The van der Waals surface area contributed by atoms with Crippen molar-refractivity contribution in [3.8, 4) is 103 Å². The first-order valence-electron chi connectivity index (χ1n) is 34.1. The van der Waals surface area contributed by atoms with Gasteiger partial charge in [0.05, 0.1) is 68.8 Å². The zero-order valence-electron chi connectivity index (χ0n) is 60.4. The number of pyridine rings is 6. The Morgan fingerprint density at radius 3 is 0.779 bits per heavy atom. The number of hydrogen-bond acceptors (Lipinski definition) is 24. The molecule has 113 heavy (non-hydrogen) atoms. The number of primary amides is 4. The van der Waals surface area contributed by atoms with Crippen LogP contribution in [-0.2, 0) is 19.2 Å². The Morgan fingerprint density at radius 2 is 0.566 bits per heavy atom. The molecule has 576 valence electrons. The van der Waals surface area contributed by atoms with Gasteiger partial charge < -0.3 is 82.7 Å². The Hall–Kier alpha value is -14.0. The van der Waals surface area contributed by atoms with Crippen LogP contribution in [0.2, 0.25) is 0 Å². The number of carbonyl (C=O) groups is 4. The van der Waals surface area contributed by atoms with Crippen LogP contribution < -0.4 is 41.9 Å². The molecule has 28 heteroatoms. The SMILES string of the molecule is C.Cc1cc(Oc2ccc(-c3cccc([C@@H](O)[C@H](O)C(N)=O)n3)cc2)ccc1C#N.Cc1cc(Oc2ccc(-c3cccc([C@H](O)[C@@H](O)C(N)=O)n3)cc2)ccc1C#N.Cc1ccc(Oc2ccc(-c3cccc([C@@H](O)[C@H](O)C(N)=O)n3)cc2)nc1.Cc1ccc(Oc2ccc(-c3cccc([C@H](O)[C@@H](O)C(N)=O)n3)cc2)nc1. The molecule has 28 nitrogen and oxygen atoms in total. The molecule has 16 N–H and O–H groups in total. The quantitative estimate of drug-likeness (QED) is 0.0267. The number of aliphatic hydroxyl groups excluding tert-OH is 8. The third-order valence-corrected chi connectivity index (χ3v) is 16.6. The van der Waals surface area contributed by atoms with Crippen LogP contribution in [0.15, 0.2) is 243 Å². The number of nitriles is 2. The smallest absolute Gasteiger partial charge is 0.249 e. The molecule has 6 aromatic heterocycles. The maximum Gasteiger partial charge on any atom is 0.249 e. The van der Waals surface area contributed by atoms with Gasteiger partial charge in [-0.3, -0.25) is 19.2 Å². The number of nitrogens with zero attached hydrogens (tertiary/aromatic N) is 8. The highest BCUT2D eigenvalue weighted by molar-refractivity contribution is 5.81. The van der Waals surface area contributed by atoms with Crippen molar-refractivity contribution in [2.24, 2.45) is 22.9 Å². The van der Waals surface area contributed by atoms with E-state index < -0.39 is 72.5 Å². The van der Waals surface area contributed by atoms with Crippen molar-refractivity contribution in [2.45, 2.75) is 84.0 Å². The number of carbonyl (C=O) groups excluding carboxylic acids is 4. The standard InChI is InChI=1S/2C22H19N3O4.2C20H19N3O4.CH4/c2*1-13-11-17(10-7-15(13)12-23)29-16-8-5-14(6-9-16)18-3-2-4-19(25-18)20(26)21(27)22(24)28;2*1-12-5-10-17(22-11-12)27-14-8-6-13(7-9-14)15-3-2-4-16(23-15)18(24)19(25)20(21)26;/h2*2-11,20-21,26-27H,1H3,(H2,24,28);2*2-11,18-19,24-25H,1H3,(H2,21,26);1H4/t2*20-,21+;2*18-,19+;/m1010./s1. The van der Waals surface area contributed by atoms with Gasteiger partial charge in [0.1, 0.15) is 58.9 Å². The zero-order chi connectivity index (χ0) is 80.7. The molecule has 8 atom stereocenters. The van der Waals surface area contributed by atoms with Gasteiger partial charge in [-0.2, -0.15) is 10.5 Å². The molecule has 0 saturated carbocycles. The molecule has 0 aliphatic carbocycles. The number of ether oxygens (including phenoxy) is 4. The second-order valence-corrected chi connectivity index (χ2v) is 25.0. The lowest BCUT2D eigenvalue weighted by Gasteiger charge is -2.15. The number of benzene rings is 6. The van der Waals surface area contributed by atoms with Crippen LogP contribution in [0.3, 0.4) is 0 Å². The maximum atomic E-state index is 11.1. The molecule has 0 fully saturated rings. The molecule has 12 rings (SSSR count). The molecule has 0 aliphatic rings. The Kier molecular flexibility index (Phi) is 29.9. The second-order valence-electron chi connectivity index (χ2n) is 25.0. The number of nitrogens with two attached hydrogens (primary N) is 4. The number of rotatable bonds is 24. The van der Waals surface area contributed by atoms with Crippen molar-refractivity contribution < 1.29 is 79.0 Å². The summed E-state index contributed by atoms with van der Waals surface area (Å²) in [5.41, 5.74) is 31.0. The fraction of sp³-hybridized carbons (Fsp3) is 0.153. The highest BCUT2D eigenvalue weighted by atomic mass is 16.5. The molecular formula is C85H80N12O16. The van der Waals surface area contributed by atoms with Crippen molar-refractivity contribution in [2.75, 3.05) is 0 Å². The van der Waals surface area contributed by atoms with Crippen molar-refractivity contribution in [1.29, 1.82) is 10.5 Å². The number of aryl methyl sites for hydroxylation is 4. The van der Waals surface area contributed by atoms with Crippen LogP contribution in [0.25, 0.3) is 45.0 Å². The van der Waals surface area contributed by atoms with Gasteiger partial charge in [0.2, 0.25) is 35.4 Å². The Labute approximate surface area is 649 Å². The molecule has 6 aromatic carbocycles. The van der Waals surface area contributed by atoms with Gasteiger partial charge in [0.25, 0.3) is 0 Å². The summed E-state index contributed by atoms with van der Waals surface area (Å²) in [6.45, 7) is 7.59. The minimum atomic E-state index is -1.73. The molecule has 12 aromatic rings. The molecule has 0 bridgehead atoms. The molecule has 0 aliphatic heterocycles. The molecule has 6 heterocycles. The highest BCUT2D eigenvalue weighted by Crippen LogP contribution is 2.33. The van der Waals surface area contributed by atoms with Gasteiger partial charge in [-0.15, -0.1) is 0 Å². The van der Waals surface area contributed by atoms with Crippen LogP contribution in [0, 0.1) is 50.4 Å². The van der Waals surface area contributed by atoms with Gasteiger partial charge in [-0.25, -0.2) is 29.9 Å². The summed E-state index contributed by atoms with van der Waals surface area (Å²) in [6.07, 6.45) is -9.43. The van der Waals surface area contributed by atoms with Crippen molar-refractivity contribution >= 4 is 23.6 Å². The number of aromatic nitrogens is 6. The van der Waals surface area contributed by atoms with Crippen molar-refractivity contribution in [3.63, 3.8) is 0 Å². The average molecular weight is 1530 g/mol. The van der Waals surface area contributed by atoms with E-state index in [-0.39, 0.29) is 30.2 Å². The summed E-state index contributed by atoms with van der Waals surface area (Å²) < 4.78 is 23.0. The Balaban J connectivity index is 0.000000188. The normalized spacial score (nSPS) is 12.7. The lowest BCUT2D eigenvalue weighted by Crippen LogP contribution is -2.34. The predicted octanol–water partition coefficient (Wildman–Crippen LogP) is 10.1. The van der Waals surface area contributed by atoms with Crippen LogP contribution in [0.1, 0.15) is 88.0 Å². The Morgan fingerprint density at radius 1 is 0.327 bits per heavy atom. The van der Waals surface area contributed by atoms with Crippen molar-refractivity contribution in [1.82, 2.24) is 29.9 Å². The molecule has 0 saturated heterocycles. The van der Waals surface area contributed by atoms with E-state index in [1.807, 2.05) is 64.1 Å². The first-order chi connectivity index (χ1) is 53.6. The molecule has 0 unspecified atom stereocenters. The molecule has 4 amide bonds. The minimum absolute atomic E-state index is 0. The van der Waals surface area contributed by atoms with E-state index in [1.54, 1.807) is 182 Å². The fourth-order valence-electron chi connectivity index (χ4n) is 10.3. The lowest BCUT2D eigenvalue weighted by molar-refractivity contribution is -0.132. The summed E-state index contributed by atoms with van der Waals surface area (Å²) in [5.74, 6) is 0.627. The summed E-state index contributed by atoms with van der Waals surface area (Å²) in [6, 6.07) is 70.5. The minimum Gasteiger partial charge on any atom is -0.457 e. The number of amides is 4. The maximum absolute atomic E-state index is 11.1. The van der Waals surface area contributed by atoms with Crippen LogP contribution in [0.4, 0.5) is 0 Å². The Bertz CT molecular complexity index is 4990. The van der Waals surface area contributed by atoms with Crippen LogP contribution in [0.5, 0.6) is 46.3 Å². The molecule has 0 spiro atoms. The highest BCUT2D eigenvalue weighted by Gasteiger charge is 2.28. The number of hydrogen-bond donors (Lipinski definition) is 12. The van der Waals surface area contributed by atoms with E-state index in [2.05, 4.69) is 42.0 Å². The third kappa shape index (κ3) is 23.5. The van der Waals surface area contributed by atoms with Crippen molar-refractivity contribution in [3.05, 3.63) is 299 Å². The largest absolute Gasteiger partial charge is 0.457 e. The first-order valence-corrected chi connectivity index (χ1v) is 34.1. The zero-order valence-corrected chi connectivity index (χ0v) is 60.4. The van der Waals surface area contributed by atoms with E-state index >= 15 is 0 Å².